The van der Waals surface area contributed by atoms with Gasteiger partial charge in [0.05, 0.1) is 18.5 Å². The molecular formula is C24H21F2N3O4S. The van der Waals surface area contributed by atoms with Crippen molar-refractivity contribution in [1.82, 2.24) is 5.16 Å². The molecule has 34 heavy (non-hydrogen) atoms. The maximum Gasteiger partial charge on any atom is 0.387 e. The molecule has 176 valence electrons. The van der Waals surface area contributed by atoms with Gasteiger partial charge in [-0.05, 0) is 61.9 Å². The highest BCUT2D eigenvalue weighted by Gasteiger charge is 2.32. The van der Waals surface area contributed by atoms with Crippen LogP contribution in [-0.2, 0) is 10.5 Å². The topological polar surface area (TPSA) is 77.2 Å². The summed E-state index contributed by atoms with van der Waals surface area (Å²) >= 11 is 1.36. The number of benzene rings is 2. The molecule has 1 aliphatic heterocycles. The summed E-state index contributed by atoms with van der Waals surface area (Å²) in [5, 5.41) is 4.42. The van der Waals surface area contributed by atoms with E-state index in [1.807, 2.05) is 26.0 Å². The quantitative estimate of drug-likeness (QED) is 0.407. The fraction of sp³-hybridized carbons (Fsp3) is 0.208. The number of carbonyl (C=O) groups excluding carboxylic acids is 1. The molecule has 4 rings (SSSR count). The van der Waals surface area contributed by atoms with Crippen LogP contribution in [0.1, 0.15) is 22.6 Å². The molecule has 0 radical (unpaired) electrons. The van der Waals surface area contributed by atoms with Gasteiger partial charge in [-0.3, -0.25) is 9.69 Å². The zero-order chi connectivity index (χ0) is 24.2. The number of halogens is 2. The van der Waals surface area contributed by atoms with Gasteiger partial charge in [0.1, 0.15) is 23.0 Å². The Hall–Kier alpha value is -3.66. The van der Waals surface area contributed by atoms with Crippen LogP contribution in [0.5, 0.6) is 11.5 Å². The van der Waals surface area contributed by atoms with Crippen molar-refractivity contribution in [2.45, 2.75) is 26.2 Å². The Balaban J connectivity index is 1.65. The van der Waals surface area contributed by atoms with E-state index in [4.69, 9.17) is 9.26 Å². The number of hydrogen-bond donors (Lipinski definition) is 0. The molecule has 1 aromatic heterocycles. The first kappa shape index (κ1) is 23.5. The van der Waals surface area contributed by atoms with Crippen LogP contribution in [-0.4, -0.2) is 30.0 Å². The van der Waals surface area contributed by atoms with Crippen LogP contribution >= 0.6 is 11.8 Å². The second-order valence-electron chi connectivity index (χ2n) is 7.30. The summed E-state index contributed by atoms with van der Waals surface area (Å²) in [6.07, 6.45) is 1.69. The molecule has 0 spiro atoms. The number of aryl methyl sites for hydroxylation is 2. The molecule has 0 fully saturated rings. The highest BCUT2D eigenvalue weighted by molar-refractivity contribution is 8.13. The fourth-order valence-corrected chi connectivity index (χ4v) is 4.47. The van der Waals surface area contributed by atoms with Gasteiger partial charge in [-0.25, -0.2) is 4.99 Å². The van der Waals surface area contributed by atoms with Gasteiger partial charge in [-0.15, -0.1) is 0 Å². The van der Waals surface area contributed by atoms with Gasteiger partial charge in [-0.1, -0.05) is 29.1 Å². The number of aromatic nitrogens is 1. The molecule has 0 saturated carbocycles. The SMILES string of the molecule is COc1ccc(/C=C2/N=C(SCc3c(C)noc3C)N(c3ccc(OC(F)F)cc3)C2=O)cc1. The van der Waals surface area contributed by atoms with E-state index in [0.29, 0.717) is 28.1 Å². The maximum absolute atomic E-state index is 13.3. The molecule has 7 nitrogen and oxygen atoms in total. The number of alkyl halides is 2. The van der Waals surface area contributed by atoms with Gasteiger partial charge in [0.15, 0.2) is 5.17 Å². The standard InChI is InChI=1S/C24H21F2N3O4S/c1-14-20(15(2)33-28-14)13-34-24-27-21(12-16-4-8-18(31-3)9-5-16)22(30)29(24)17-6-10-19(11-7-17)32-23(25)26/h4-12,23H,13H2,1-3H3/b21-12+. The number of anilines is 1. The zero-order valence-corrected chi connectivity index (χ0v) is 19.4. The normalized spacial score (nSPS) is 14.8. The summed E-state index contributed by atoms with van der Waals surface area (Å²) in [5.74, 6) is 1.56. The third-order valence-electron chi connectivity index (χ3n) is 5.10. The summed E-state index contributed by atoms with van der Waals surface area (Å²) in [4.78, 5) is 19.4. The van der Waals surface area contributed by atoms with Crippen LogP contribution in [0.25, 0.3) is 6.08 Å². The molecular weight excluding hydrogens is 464 g/mol. The number of hydrogen-bond acceptors (Lipinski definition) is 7. The summed E-state index contributed by atoms with van der Waals surface area (Å²) in [6.45, 7) is 0.746. The average molecular weight is 486 g/mol. The summed E-state index contributed by atoms with van der Waals surface area (Å²) in [5.41, 5.74) is 3.21. The van der Waals surface area contributed by atoms with Crippen LogP contribution in [0, 0.1) is 13.8 Å². The molecule has 10 heteroatoms. The van der Waals surface area contributed by atoms with Gasteiger partial charge < -0.3 is 14.0 Å². The molecule has 0 bridgehead atoms. The molecule has 0 N–H and O–H groups in total. The van der Waals surface area contributed by atoms with Crippen LogP contribution < -0.4 is 14.4 Å². The Bertz CT molecular complexity index is 1220. The van der Waals surface area contributed by atoms with Crippen molar-refractivity contribution in [3.8, 4) is 11.5 Å². The Morgan fingerprint density at radius 1 is 1.09 bits per heavy atom. The average Bonchev–Trinajstić information content (AvgIpc) is 3.31. The van der Waals surface area contributed by atoms with Crippen molar-refractivity contribution in [2.24, 2.45) is 4.99 Å². The predicted octanol–water partition coefficient (Wildman–Crippen LogP) is 5.58. The Kier molecular flexibility index (Phi) is 6.97. The first-order chi connectivity index (χ1) is 16.4. The second kappa shape index (κ2) is 10.1. The molecule has 3 aromatic rings. The number of rotatable bonds is 7. The lowest BCUT2D eigenvalue weighted by atomic mass is 10.2. The highest BCUT2D eigenvalue weighted by Crippen LogP contribution is 2.33. The largest absolute Gasteiger partial charge is 0.497 e. The second-order valence-corrected chi connectivity index (χ2v) is 8.24. The van der Waals surface area contributed by atoms with Crippen LogP contribution in [0.4, 0.5) is 14.5 Å². The molecule has 0 unspecified atom stereocenters. The number of aliphatic imine (C=N–C) groups is 1. The smallest absolute Gasteiger partial charge is 0.387 e. The third-order valence-corrected chi connectivity index (χ3v) is 6.06. The van der Waals surface area contributed by atoms with Crippen molar-refractivity contribution in [1.29, 1.82) is 0 Å². The molecule has 2 heterocycles. The van der Waals surface area contributed by atoms with Crippen molar-refractivity contribution in [3.05, 3.63) is 76.8 Å². The van der Waals surface area contributed by atoms with Crippen molar-refractivity contribution < 1.29 is 27.6 Å². The number of thioether (sulfide) groups is 1. The van der Waals surface area contributed by atoms with Crippen molar-refractivity contribution in [2.75, 3.05) is 12.0 Å². The first-order valence-electron chi connectivity index (χ1n) is 10.2. The summed E-state index contributed by atoms with van der Waals surface area (Å²) < 4.78 is 39.8. The number of amides is 1. The highest BCUT2D eigenvalue weighted by atomic mass is 32.2. The lowest BCUT2D eigenvalue weighted by molar-refractivity contribution is -0.113. The zero-order valence-electron chi connectivity index (χ0n) is 18.6. The van der Waals surface area contributed by atoms with E-state index in [2.05, 4.69) is 14.9 Å². The monoisotopic (exact) mass is 485 g/mol. The van der Waals surface area contributed by atoms with Gasteiger partial charge in [0, 0.05) is 11.3 Å². The number of carbonyl (C=O) groups is 1. The van der Waals surface area contributed by atoms with Crippen LogP contribution in [0.15, 0.2) is 63.7 Å². The molecule has 2 aromatic carbocycles. The minimum Gasteiger partial charge on any atom is -0.497 e. The van der Waals surface area contributed by atoms with E-state index in [1.54, 1.807) is 25.3 Å². The third kappa shape index (κ3) is 5.12. The van der Waals surface area contributed by atoms with Crippen molar-refractivity contribution >= 4 is 34.6 Å². The van der Waals surface area contributed by atoms with Crippen LogP contribution in [0.3, 0.4) is 0 Å². The van der Waals surface area contributed by atoms with Gasteiger partial charge >= 0.3 is 6.61 Å². The molecule has 0 aliphatic carbocycles. The lowest BCUT2D eigenvalue weighted by Crippen LogP contribution is -2.30. The van der Waals surface area contributed by atoms with Gasteiger partial charge in [0.2, 0.25) is 0 Å². The lowest BCUT2D eigenvalue weighted by Gasteiger charge is -2.18. The van der Waals surface area contributed by atoms with Gasteiger partial charge in [0.25, 0.3) is 5.91 Å². The minimum atomic E-state index is -2.93. The van der Waals surface area contributed by atoms with Gasteiger partial charge in [-0.2, -0.15) is 8.78 Å². The van der Waals surface area contributed by atoms with Crippen molar-refractivity contribution in [3.63, 3.8) is 0 Å². The fourth-order valence-electron chi connectivity index (χ4n) is 3.30. The molecule has 0 saturated heterocycles. The summed E-state index contributed by atoms with van der Waals surface area (Å²) in [7, 11) is 1.58. The molecule has 0 atom stereocenters. The van der Waals surface area contributed by atoms with E-state index < -0.39 is 6.61 Å². The molecule has 1 aliphatic rings. The number of ether oxygens (including phenoxy) is 2. The van der Waals surface area contributed by atoms with E-state index >= 15 is 0 Å². The first-order valence-corrected chi connectivity index (χ1v) is 11.2. The molecule has 1 amide bonds. The van der Waals surface area contributed by atoms with E-state index in [-0.39, 0.29) is 17.4 Å². The predicted molar refractivity (Wildman–Crippen MR) is 126 cm³/mol. The van der Waals surface area contributed by atoms with E-state index in [9.17, 15) is 13.6 Å². The van der Waals surface area contributed by atoms with E-state index in [1.165, 1.54) is 40.9 Å². The van der Waals surface area contributed by atoms with Crippen LogP contribution in [0.2, 0.25) is 0 Å². The minimum absolute atomic E-state index is 0.00116. The number of methoxy groups -OCH3 is 1. The Morgan fingerprint density at radius 2 is 1.76 bits per heavy atom. The number of nitrogens with zero attached hydrogens (tertiary/aromatic N) is 3. The maximum atomic E-state index is 13.3. The number of amidine groups is 1. The summed E-state index contributed by atoms with van der Waals surface area (Å²) in [6, 6.07) is 13.1. The Labute approximate surface area is 199 Å². The van der Waals surface area contributed by atoms with E-state index in [0.717, 1.165) is 16.8 Å². The Morgan fingerprint density at radius 3 is 2.35 bits per heavy atom.